The van der Waals surface area contributed by atoms with E-state index in [1.807, 2.05) is 31.1 Å². The van der Waals surface area contributed by atoms with Crippen LogP contribution in [-0.4, -0.2) is 32.9 Å². The molecule has 0 aliphatic carbocycles. The first-order chi connectivity index (χ1) is 12.6. The number of carbonyl (C=O) groups is 1. The number of hydrogen-bond acceptors (Lipinski definition) is 3. The largest absolute Gasteiger partial charge is 0.337 e. The van der Waals surface area contributed by atoms with Gasteiger partial charge in [0, 0.05) is 45.3 Å². The van der Waals surface area contributed by atoms with Gasteiger partial charge in [-0.2, -0.15) is 0 Å². The molecule has 1 amide bonds. The average Bonchev–Trinajstić information content (AvgIpc) is 3.16. The summed E-state index contributed by atoms with van der Waals surface area (Å²) in [5.74, 6) is 1.22. The van der Waals surface area contributed by atoms with E-state index in [1.54, 1.807) is 0 Å². The lowest BCUT2D eigenvalue weighted by Crippen LogP contribution is -2.32. The maximum Gasteiger partial charge on any atom is 0.224 e. The molecule has 1 atom stereocenters. The van der Waals surface area contributed by atoms with Gasteiger partial charge >= 0.3 is 0 Å². The van der Waals surface area contributed by atoms with Crippen molar-refractivity contribution < 1.29 is 4.79 Å². The Labute approximate surface area is 153 Å². The third-order valence-electron chi connectivity index (χ3n) is 5.34. The van der Waals surface area contributed by atoms with E-state index in [1.165, 1.54) is 16.3 Å². The number of nitrogens with zero attached hydrogens (tertiary/aromatic N) is 3. The van der Waals surface area contributed by atoms with Crippen molar-refractivity contribution in [3.63, 3.8) is 0 Å². The second-order valence-electron chi connectivity index (χ2n) is 7.05. The Hall–Kier alpha value is -2.66. The average molecular weight is 348 g/mol. The molecule has 3 aromatic rings. The number of rotatable bonds is 5. The van der Waals surface area contributed by atoms with E-state index in [-0.39, 0.29) is 11.9 Å². The Balaban J connectivity index is 1.42. The van der Waals surface area contributed by atoms with Crippen molar-refractivity contribution >= 4 is 16.7 Å². The minimum Gasteiger partial charge on any atom is -0.337 e. The van der Waals surface area contributed by atoms with Gasteiger partial charge < -0.3 is 14.8 Å². The molecule has 0 radical (unpaired) electrons. The van der Waals surface area contributed by atoms with Crippen molar-refractivity contribution in [2.45, 2.75) is 32.5 Å². The lowest BCUT2D eigenvalue weighted by molar-refractivity contribution is -0.128. The summed E-state index contributed by atoms with van der Waals surface area (Å²) >= 11 is 0. The summed E-state index contributed by atoms with van der Waals surface area (Å²) in [6.07, 6.45) is 2.45. The second kappa shape index (κ2) is 6.92. The zero-order chi connectivity index (χ0) is 18.1. The summed E-state index contributed by atoms with van der Waals surface area (Å²) in [6, 6.07) is 14.8. The van der Waals surface area contributed by atoms with Gasteiger partial charge in [-0.1, -0.05) is 42.5 Å². The SMILES string of the molecule is Cc1ncc(CN[C@@H]2CC(=O)N(Cc3cccc4ccccc34)C2)n1C. The summed E-state index contributed by atoms with van der Waals surface area (Å²) in [7, 11) is 2.02. The molecule has 1 saturated heterocycles. The molecular weight excluding hydrogens is 324 g/mol. The Morgan fingerprint density at radius 2 is 2.00 bits per heavy atom. The lowest BCUT2D eigenvalue weighted by Gasteiger charge is -2.18. The Morgan fingerprint density at radius 3 is 2.81 bits per heavy atom. The summed E-state index contributed by atoms with van der Waals surface area (Å²) < 4.78 is 2.08. The van der Waals surface area contributed by atoms with E-state index in [0.717, 1.165) is 24.6 Å². The highest BCUT2D eigenvalue weighted by atomic mass is 16.2. The number of amides is 1. The molecule has 0 bridgehead atoms. The van der Waals surface area contributed by atoms with E-state index < -0.39 is 0 Å². The zero-order valence-electron chi connectivity index (χ0n) is 15.3. The van der Waals surface area contributed by atoms with Crippen LogP contribution in [0, 0.1) is 6.92 Å². The van der Waals surface area contributed by atoms with Crippen LogP contribution in [0.15, 0.2) is 48.7 Å². The first-order valence-corrected chi connectivity index (χ1v) is 9.07. The van der Waals surface area contributed by atoms with E-state index in [0.29, 0.717) is 13.0 Å². The number of nitrogens with one attached hydrogen (secondary N) is 1. The highest BCUT2D eigenvalue weighted by Gasteiger charge is 2.29. The van der Waals surface area contributed by atoms with Gasteiger partial charge in [0.1, 0.15) is 5.82 Å². The molecule has 1 aromatic heterocycles. The van der Waals surface area contributed by atoms with Gasteiger partial charge in [-0.3, -0.25) is 4.79 Å². The van der Waals surface area contributed by atoms with Crippen molar-refractivity contribution in [1.82, 2.24) is 19.8 Å². The first kappa shape index (κ1) is 16.8. The van der Waals surface area contributed by atoms with Crippen LogP contribution in [0.5, 0.6) is 0 Å². The van der Waals surface area contributed by atoms with Gasteiger partial charge in [-0.25, -0.2) is 4.98 Å². The molecule has 5 nitrogen and oxygen atoms in total. The van der Waals surface area contributed by atoms with Gasteiger partial charge in [0.25, 0.3) is 0 Å². The molecule has 0 saturated carbocycles. The Bertz CT molecular complexity index is 941. The molecule has 1 aliphatic rings. The molecule has 1 N–H and O–H groups in total. The maximum absolute atomic E-state index is 12.5. The van der Waals surface area contributed by atoms with E-state index in [9.17, 15) is 4.79 Å². The molecule has 2 aromatic carbocycles. The fraction of sp³-hybridized carbons (Fsp3) is 0.333. The third-order valence-corrected chi connectivity index (χ3v) is 5.34. The summed E-state index contributed by atoms with van der Waals surface area (Å²) in [5.41, 5.74) is 2.35. The number of aromatic nitrogens is 2. The highest BCUT2D eigenvalue weighted by Crippen LogP contribution is 2.22. The number of carbonyl (C=O) groups excluding carboxylic acids is 1. The van der Waals surface area contributed by atoms with Crippen LogP contribution in [0.2, 0.25) is 0 Å². The molecule has 2 heterocycles. The predicted octanol–water partition coefficient (Wildman–Crippen LogP) is 2.77. The number of fused-ring (bicyclic) bond motifs is 1. The number of aryl methyl sites for hydroxylation is 1. The minimum atomic E-state index is 0.188. The molecule has 5 heteroatoms. The van der Waals surface area contributed by atoms with Crippen LogP contribution in [0.4, 0.5) is 0 Å². The predicted molar refractivity (Wildman–Crippen MR) is 103 cm³/mol. The van der Waals surface area contributed by atoms with Crippen LogP contribution in [0.1, 0.15) is 23.5 Å². The number of imidazole rings is 1. The molecular formula is C21H24N4O. The monoisotopic (exact) mass is 348 g/mol. The van der Waals surface area contributed by atoms with Crippen LogP contribution < -0.4 is 5.32 Å². The van der Waals surface area contributed by atoms with Crippen LogP contribution in [-0.2, 0) is 24.9 Å². The number of benzene rings is 2. The quantitative estimate of drug-likeness (QED) is 0.771. The summed E-state index contributed by atoms with van der Waals surface area (Å²) in [6.45, 7) is 4.15. The van der Waals surface area contributed by atoms with Crippen molar-refractivity contribution in [2.75, 3.05) is 6.54 Å². The Kier molecular flexibility index (Phi) is 4.47. The van der Waals surface area contributed by atoms with Crippen LogP contribution in [0.25, 0.3) is 10.8 Å². The van der Waals surface area contributed by atoms with Gasteiger partial charge in [0.05, 0.1) is 5.69 Å². The molecule has 134 valence electrons. The van der Waals surface area contributed by atoms with Crippen molar-refractivity contribution in [3.05, 3.63) is 65.7 Å². The lowest BCUT2D eigenvalue weighted by atomic mass is 10.0. The first-order valence-electron chi connectivity index (χ1n) is 9.07. The topological polar surface area (TPSA) is 50.2 Å². The fourth-order valence-electron chi connectivity index (χ4n) is 3.66. The van der Waals surface area contributed by atoms with Gasteiger partial charge in [0.15, 0.2) is 0 Å². The Morgan fingerprint density at radius 1 is 1.19 bits per heavy atom. The van der Waals surface area contributed by atoms with Crippen molar-refractivity contribution in [2.24, 2.45) is 7.05 Å². The third kappa shape index (κ3) is 3.22. The fourth-order valence-corrected chi connectivity index (χ4v) is 3.66. The molecule has 0 spiro atoms. The van der Waals surface area contributed by atoms with Crippen LogP contribution >= 0.6 is 0 Å². The minimum absolute atomic E-state index is 0.188. The standard InChI is InChI=1S/C21H24N4O/c1-15-22-11-19(24(15)2)12-23-18-10-21(26)25(14-18)13-17-8-5-7-16-6-3-4-9-20(16)17/h3-9,11,18,23H,10,12-14H2,1-2H3/t18-/m1/s1. The van der Waals surface area contributed by atoms with E-state index in [4.69, 9.17) is 0 Å². The molecule has 4 rings (SSSR count). The number of likely N-dealkylation sites (tertiary alicyclic amines) is 1. The summed E-state index contributed by atoms with van der Waals surface area (Å²) in [4.78, 5) is 18.8. The van der Waals surface area contributed by atoms with Crippen molar-refractivity contribution in [1.29, 1.82) is 0 Å². The molecule has 1 aliphatic heterocycles. The van der Waals surface area contributed by atoms with Crippen LogP contribution in [0.3, 0.4) is 0 Å². The van der Waals surface area contributed by atoms with E-state index in [2.05, 4.69) is 51.3 Å². The number of hydrogen-bond donors (Lipinski definition) is 1. The molecule has 26 heavy (non-hydrogen) atoms. The van der Waals surface area contributed by atoms with Crippen molar-refractivity contribution in [3.8, 4) is 0 Å². The highest BCUT2D eigenvalue weighted by molar-refractivity contribution is 5.86. The van der Waals surface area contributed by atoms with Gasteiger partial charge in [-0.15, -0.1) is 0 Å². The second-order valence-corrected chi connectivity index (χ2v) is 7.05. The van der Waals surface area contributed by atoms with Gasteiger partial charge in [0.2, 0.25) is 5.91 Å². The normalized spacial score (nSPS) is 17.4. The molecule has 1 fully saturated rings. The zero-order valence-corrected chi connectivity index (χ0v) is 15.3. The van der Waals surface area contributed by atoms with E-state index >= 15 is 0 Å². The van der Waals surface area contributed by atoms with Gasteiger partial charge in [-0.05, 0) is 23.3 Å². The maximum atomic E-state index is 12.5. The smallest absolute Gasteiger partial charge is 0.224 e. The summed E-state index contributed by atoms with van der Waals surface area (Å²) in [5, 5.41) is 5.96. The molecule has 0 unspecified atom stereocenters.